The highest BCUT2D eigenvalue weighted by molar-refractivity contribution is 7.99. The summed E-state index contributed by atoms with van der Waals surface area (Å²) in [5.41, 5.74) is 0.115. The smallest absolute Gasteiger partial charge is 0.273 e. The predicted molar refractivity (Wildman–Crippen MR) is 72.9 cm³/mol. The van der Waals surface area contributed by atoms with Crippen LogP contribution in [-0.4, -0.2) is 33.0 Å². The van der Waals surface area contributed by atoms with Gasteiger partial charge in [-0.3, -0.25) is 4.79 Å². The van der Waals surface area contributed by atoms with E-state index in [0.29, 0.717) is 5.25 Å². The Hall–Kier alpha value is -1.23. The summed E-state index contributed by atoms with van der Waals surface area (Å²) in [6, 6.07) is 3.29. The fourth-order valence-corrected chi connectivity index (χ4v) is 3.51. The minimum Gasteiger partial charge on any atom is -0.505 e. The van der Waals surface area contributed by atoms with Crippen molar-refractivity contribution in [2.45, 2.75) is 37.5 Å². The molecule has 18 heavy (non-hydrogen) atoms. The van der Waals surface area contributed by atoms with Crippen LogP contribution in [-0.2, 0) is 0 Å². The second kappa shape index (κ2) is 6.09. The topological polar surface area (TPSA) is 62.2 Å². The highest BCUT2D eigenvalue weighted by atomic mass is 32.2. The molecule has 4 nitrogen and oxygen atoms in total. The molecule has 1 heterocycles. The number of nitrogens with zero attached hydrogens (tertiary/aromatic N) is 1. The monoisotopic (exact) mass is 266 g/mol. The molecule has 0 spiro atoms. The summed E-state index contributed by atoms with van der Waals surface area (Å²) in [4.78, 5) is 16.0. The second-order valence-corrected chi connectivity index (χ2v) is 5.89. The number of pyridine rings is 1. The third kappa shape index (κ3) is 2.96. The summed E-state index contributed by atoms with van der Waals surface area (Å²) >= 11 is 1.89. The number of aromatic nitrogens is 1. The van der Waals surface area contributed by atoms with E-state index in [4.69, 9.17) is 0 Å². The maximum atomic E-state index is 12.0. The van der Waals surface area contributed by atoms with Crippen LogP contribution >= 0.6 is 11.8 Å². The summed E-state index contributed by atoms with van der Waals surface area (Å²) in [5, 5.41) is 13.1. The first-order valence-electron chi connectivity index (χ1n) is 6.28. The molecule has 2 atom stereocenters. The molecule has 1 amide bonds. The summed E-state index contributed by atoms with van der Waals surface area (Å²) in [5.74, 6) is 0.723. The van der Waals surface area contributed by atoms with E-state index in [1.807, 2.05) is 11.8 Å². The minimum absolute atomic E-state index is 0.0623. The van der Waals surface area contributed by atoms with Gasteiger partial charge in [-0.2, -0.15) is 11.8 Å². The molecule has 2 N–H and O–H groups in total. The Kier molecular flexibility index (Phi) is 4.47. The maximum Gasteiger partial charge on any atom is 0.273 e. The molecule has 1 aromatic heterocycles. The summed E-state index contributed by atoms with van der Waals surface area (Å²) in [7, 11) is 0. The third-order valence-corrected chi connectivity index (χ3v) is 4.48. The molecule has 1 aliphatic carbocycles. The van der Waals surface area contributed by atoms with Gasteiger partial charge < -0.3 is 10.4 Å². The van der Waals surface area contributed by atoms with Gasteiger partial charge >= 0.3 is 0 Å². The van der Waals surface area contributed by atoms with Gasteiger partial charge in [0.1, 0.15) is 5.75 Å². The van der Waals surface area contributed by atoms with Crippen LogP contribution in [0.3, 0.4) is 0 Å². The zero-order chi connectivity index (χ0) is 13.0. The van der Waals surface area contributed by atoms with Crippen LogP contribution < -0.4 is 5.32 Å². The van der Waals surface area contributed by atoms with Crippen molar-refractivity contribution in [3.8, 4) is 5.75 Å². The average Bonchev–Trinajstić information content (AvgIpc) is 2.78. The van der Waals surface area contributed by atoms with Crippen LogP contribution in [0.4, 0.5) is 0 Å². The lowest BCUT2D eigenvalue weighted by molar-refractivity contribution is 0.0930. The van der Waals surface area contributed by atoms with Gasteiger partial charge in [-0.05, 0) is 30.7 Å². The summed E-state index contributed by atoms with van der Waals surface area (Å²) in [6.07, 6.45) is 4.83. The number of hydrogen-bond donors (Lipinski definition) is 2. The van der Waals surface area contributed by atoms with Gasteiger partial charge in [0.25, 0.3) is 5.91 Å². The first-order chi connectivity index (χ1) is 8.72. The van der Waals surface area contributed by atoms with E-state index in [1.165, 1.54) is 12.3 Å². The Balaban J connectivity index is 2.01. The Labute approximate surface area is 111 Å². The Morgan fingerprint density at radius 1 is 1.61 bits per heavy atom. The molecule has 1 saturated carbocycles. The van der Waals surface area contributed by atoms with Gasteiger partial charge in [0.05, 0.1) is 0 Å². The fourth-order valence-electron chi connectivity index (χ4n) is 2.31. The van der Waals surface area contributed by atoms with Gasteiger partial charge in [-0.25, -0.2) is 4.98 Å². The second-order valence-electron chi connectivity index (χ2n) is 4.38. The summed E-state index contributed by atoms with van der Waals surface area (Å²) < 4.78 is 0. The summed E-state index contributed by atoms with van der Waals surface area (Å²) in [6.45, 7) is 2.13. The number of nitrogens with one attached hydrogen (secondary N) is 1. The molecular weight excluding hydrogens is 248 g/mol. The molecule has 98 valence electrons. The Morgan fingerprint density at radius 3 is 3.17 bits per heavy atom. The average molecular weight is 266 g/mol. The van der Waals surface area contributed by atoms with Gasteiger partial charge in [0.2, 0.25) is 0 Å². The fraction of sp³-hybridized carbons (Fsp3) is 0.538. The lowest BCUT2D eigenvalue weighted by atomic mass is 10.2. The van der Waals surface area contributed by atoms with Crippen molar-refractivity contribution in [2.75, 3.05) is 5.75 Å². The van der Waals surface area contributed by atoms with E-state index in [-0.39, 0.29) is 23.4 Å². The largest absolute Gasteiger partial charge is 0.505 e. The molecule has 0 bridgehead atoms. The lowest BCUT2D eigenvalue weighted by Gasteiger charge is -2.20. The van der Waals surface area contributed by atoms with E-state index < -0.39 is 0 Å². The van der Waals surface area contributed by atoms with Crippen molar-refractivity contribution in [1.29, 1.82) is 0 Å². The molecule has 0 aliphatic heterocycles. The van der Waals surface area contributed by atoms with Gasteiger partial charge in [-0.1, -0.05) is 13.3 Å². The third-order valence-electron chi connectivity index (χ3n) is 3.15. The molecule has 0 radical (unpaired) electrons. The van der Waals surface area contributed by atoms with Crippen LogP contribution in [0.25, 0.3) is 0 Å². The van der Waals surface area contributed by atoms with E-state index in [9.17, 15) is 9.90 Å². The molecule has 1 aliphatic rings. The molecule has 5 heteroatoms. The number of thioether (sulfide) groups is 1. The van der Waals surface area contributed by atoms with E-state index in [1.54, 1.807) is 6.07 Å². The molecule has 2 unspecified atom stereocenters. The highest BCUT2D eigenvalue weighted by Gasteiger charge is 2.29. The minimum atomic E-state index is -0.276. The standard InChI is InChI=1S/C13H18N2O2S/c1-2-18-11-7-3-5-9(11)15-13(17)12-10(16)6-4-8-14-12/h4,6,8-9,11,16H,2-3,5,7H2,1H3,(H,15,17). The Bertz CT molecular complexity index is 425. The SMILES string of the molecule is CCSC1CCCC1NC(=O)c1ncccc1O. The van der Waals surface area contributed by atoms with Crippen molar-refractivity contribution in [3.05, 3.63) is 24.0 Å². The van der Waals surface area contributed by atoms with E-state index in [0.717, 1.165) is 25.0 Å². The quantitative estimate of drug-likeness (QED) is 0.877. The molecule has 0 saturated heterocycles. The van der Waals surface area contributed by atoms with Crippen LogP contribution in [0.15, 0.2) is 18.3 Å². The zero-order valence-electron chi connectivity index (χ0n) is 10.4. The van der Waals surface area contributed by atoms with Crippen LogP contribution in [0.2, 0.25) is 0 Å². The van der Waals surface area contributed by atoms with Crippen molar-refractivity contribution in [3.63, 3.8) is 0 Å². The molecular formula is C13H18N2O2S. The number of carbonyl (C=O) groups is 1. The number of hydrogen-bond acceptors (Lipinski definition) is 4. The lowest BCUT2D eigenvalue weighted by Crippen LogP contribution is -2.39. The normalized spacial score (nSPS) is 22.9. The van der Waals surface area contributed by atoms with Crippen molar-refractivity contribution < 1.29 is 9.90 Å². The Morgan fingerprint density at radius 2 is 2.44 bits per heavy atom. The maximum absolute atomic E-state index is 12.0. The van der Waals surface area contributed by atoms with Gasteiger partial charge in [-0.15, -0.1) is 0 Å². The molecule has 2 rings (SSSR count). The van der Waals surface area contributed by atoms with Crippen molar-refractivity contribution in [1.82, 2.24) is 10.3 Å². The van der Waals surface area contributed by atoms with Crippen molar-refractivity contribution in [2.24, 2.45) is 0 Å². The number of carbonyl (C=O) groups excluding carboxylic acids is 1. The first kappa shape index (κ1) is 13.2. The molecule has 1 fully saturated rings. The van der Waals surface area contributed by atoms with Crippen LogP contribution in [0, 0.1) is 0 Å². The molecule has 0 aromatic carbocycles. The van der Waals surface area contributed by atoms with E-state index >= 15 is 0 Å². The van der Waals surface area contributed by atoms with Crippen LogP contribution in [0.5, 0.6) is 5.75 Å². The number of amides is 1. The zero-order valence-corrected chi connectivity index (χ0v) is 11.2. The van der Waals surface area contributed by atoms with Crippen LogP contribution in [0.1, 0.15) is 36.7 Å². The predicted octanol–water partition coefficient (Wildman–Crippen LogP) is 2.19. The first-order valence-corrected chi connectivity index (χ1v) is 7.33. The van der Waals surface area contributed by atoms with E-state index in [2.05, 4.69) is 17.2 Å². The highest BCUT2D eigenvalue weighted by Crippen LogP contribution is 2.30. The van der Waals surface area contributed by atoms with Crippen molar-refractivity contribution >= 4 is 17.7 Å². The number of aromatic hydroxyl groups is 1. The van der Waals surface area contributed by atoms with Gasteiger partial charge in [0, 0.05) is 17.5 Å². The number of rotatable bonds is 4. The van der Waals surface area contributed by atoms with Gasteiger partial charge in [0.15, 0.2) is 5.69 Å². The molecule has 1 aromatic rings.